The van der Waals surface area contributed by atoms with Gasteiger partial charge in [-0.1, -0.05) is 134 Å². The van der Waals surface area contributed by atoms with E-state index in [9.17, 15) is 5.11 Å². The molecular weight excluding hydrogens is 535 g/mol. The van der Waals surface area contributed by atoms with Gasteiger partial charge in [0.25, 0.3) is 0 Å². The summed E-state index contributed by atoms with van der Waals surface area (Å²) in [4.78, 5) is 0. The largest absolute Gasteiger partial charge is 0.508 e. The summed E-state index contributed by atoms with van der Waals surface area (Å²) in [6.07, 6.45) is 4.43. The maximum Gasteiger partial charge on any atom is 0.178 e. The van der Waals surface area contributed by atoms with Crippen molar-refractivity contribution in [1.29, 1.82) is 0 Å². The van der Waals surface area contributed by atoms with Gasteiger partial charge in [-0.2, -0.15) is 0 Å². The fraction of sp³-hybridized carbons (Fsp3) is 0.122. The minimum absolute atomic E-state index is 0.217. The molecule has 6 aromatic carbocycles. The highest BCUT2D eigenvalue weighted by atomic mass is 16.5. The molecule has 210 valence electrons. The first-order valence-electron chi connectivity index (χ1n) is 15.1. The van der Waals surface area contributed by atoms with Gasteiger partial charge in [-0.05, 0) is 63.9 Å². The minimum atomic E-state index is -0.923. The van der Waals surface area contributed by atoms with E-state index in [0.717, 1.165) is 44.3 Å². The Labute approximate surface area is 259 Å². The van der Waals surface area contributed by atoms with E-state index in [1.807, 2.05) is 30.3 Å². The molecule has 0 bridgehead atoms. The van der Waals surface area contributed by atoms with Gasteiger partial charge in [0.1, 0.15) is 19.3 Å². The topological polar surface area (TPSA) is 29.5 Å². The van der Waals surface area contributed by atoms with E-state index >= 15 is 0 Å². The summed E-state index contributed by atoms with van der Waals surface area (Å²) in [6.45, 7) is 6.79. The molecule has 6 aromatic rings. The molecule has 0 amide bonds. The van der Waals surface area contributed by atoms with Crippen molar-refractivity contribution in [2.75, 3.05) is 0 Å². The molecule has 3 heteroatoms. The van der Waals surface area contributed by atoms with Gasteiger partial charge in [0.05, 0.1) is 0 Å². The summed E-state index contributed by atoms with van der Waals surface area (Å²) in [5.41, 5.74) is 11.3. The number of hydrogen-bond acceptors (Lipinski definition) is 2. The van der Waals surface area contributed by atoms with Crippen LogP contribution in [0.4, 0.5) is 0 Å². The molecule has 44 heavy (non-hydrogen) atoms. The predicted octanol–water partition coefficient (Wildman–Crippen LogP) is 8.97. The van der Waals surface area contributed by atoms with Crippen molar-refractivity contribution in [2.24, 2.45) is 0 Å². The molecule has 0 spiro atoms. The van der Waals surface area contributed by atoms with Gasteiger partial charge in [0.2, 0.25) is 0 Å². The molecule has 1 atom stereocenters. The van der Waals surface area contributed by atoms with Crippen molar-refractivity contribution in [1.82, 2.24) is 0 Å². The fourth-order valence-corrected chi connectivity index (χ4v) is 7.34. The van der Waals surface area contributed by atoms with Crippen LogP contribution in [-0.2, 0) is 11.0 Å². The lowest BCUT2D eigenvalue weighted by atomic mass is 9.76. The fourth-order valence-electron chi connectivity index (χ4n) is 7.34. The molecule has 2 nitrogen and oxygen atoms in total. The molecule has 1 N–H and O–H groups in total. The Bertz CT molecular complexity index is 2120. The second-order valence-corrected chi connectivity index (χ2v) is 12.6. The zero-order valence-corrected chi connectivity index (χ0v) is 25.1. The van der Waals surface area contributed by atoms with Crippen molar-refractivity contribution >= 4 is 30.2 Å². The van der Waals surface area contributed by atoms with Gasteiger partial charge < -0.3 is 9.84 Å². The normalized spacial score (nSPS) is 17.5. The van der Waals surface area contributed by atoms with Gasteiger partial charge in [-0.15, -0.1) is 0 Å². The van der Waals surface area contributed by atoms with Gasteiger partial charge in [-0.25, -0.2) is 0 Å². The van der Waals surface area contributed by atoms with Crippen LogP contribution in [-0.4, -0.2) is 13.0 Å². The molecular formula is C41H31BO2. The molecule has 0 saturated heterocycles. The maximum atomic E-state index is 10.2. The minimum Gasteiger partial charge on any atom is -0.508 e. The zero-order chi connectivity index (χ0) is 30.2. The summed E-state index contributed by atoms with van der Waals surface area (Å²) in [7, 11) is 6.45. The Balaban J connectivity index is 1.39. The van der Waals surface area contributed by atoms with Crippen molar-refractivity contribution in [3.63, 3.8) is 0 Å². The molecule has 0 fully saturated rings. The van der Waals surface area contributed by atoms with Crippen molar-refractivity contribution in [2.45, 2.75) is 31.8 Å². The second-order valence-electron chi connectivity index (χ2n) is 12.6. The van der Waals surface area contributed by atoms with Crippen LogP contribution in [0.15, 0.2) is 121 Å². The summed E-state index contributed by atoms with van der Waals surface area (Å²) in [6, 6.07) is 39.3. The average molecular weight is 567 g/mol. The van der Waals surface area contributed by atoms with Crippen LogP contribution in [0.5, 0.6) is 11.5 Å². The van der Waals surface area contributed by atoms with Crippen LogP contribution in [0, 0.1) is 6.92 Å². The van der Waals surface area contributed by atoms with E-state index in [1.54, 1.807) is 12.1 Å². The average Bonchev–Trinajstić information content (AvgIpc) is 3.27. The monoisotopic (exact) mass is 566 g/mol. The van der Waals surface area contributed by atoms with Gasteiger partial charge >= 0.3 is 0 Å². The number of aromatic hydroxyl groups is 1. The Morgan fingerprint density at radius 3 is 2.11 bits per heavy atom. The molecule has 8 rings (SSSR count). The van der Waals surface area contributed by atoms with Crippen LogP contribution < -0.4 is 10.2 Å². The zero-order valence-electron chi connectivity index (χ0n) is 25.1. The van der Waals surface area contributed by atoms with Crippen LogP contribution in [0.1, 0.15) is 47.2 Å². The smallest absolute Gasteiger partial charge is 0.178 e. The Kier molecular flexibility index (Phi) is 5.74. The van der Waals surface area contributed by atoms with Crippen molar-refractivity contribution in [3.05, 3.63) is 155 Å². The second kappa shape index (κ2) is 9.49. The molecule has 0 aromatic heterocycles. The number of phenols is 1. The highest BCUT2D eigenvalue weighted by molar-refractivity contribution is 6.33. The number of phenolic OH excluding ortho intramolecular Hbond substituents is 1. The maximum absolute atomic E-state index is 10.2. The molecule has 2 aliphatic rings. The number of benzene rings is 6. The van der Waals surface area contributed by atoms with Gasteiger partial charge in [0.15, 0.2) is 5.60 Å². The van der Waals surface area contributed by atoms with Crippen LogP contribution in [0.2, 0.25) is 0 Å². The third-order valence-corrected chi connectivity index (χ3v) is 9.53. The van der Waals surface area contributed by atoms with E-state index in [2.05, 4.69) is 106 Å². The van der Waals surface area contributed by atoms with E-state index in [4.69, 9.17) is 12.6 Å². The quantitative estimate of drug-likeness (QED) is 0.217. The standard InChI is InChI=1S/C41H31BO2/c1-25-9-19-33-36(23-25)40(2,3)38-34-21-22-41(29-14-17-31(43)18-15-29,28-12-10-27(11-13-28)26-7-5-4-6-8-26)44-39(34)35-24-30(42)16-20-32(35)37(33)38/h4-24,43H,1-3H3. The van der Waals surface area contributed by atoms with E-state index in [-0.39, 0.29) is 11.2 Å². The van der Waals surface area contributed by atoms with E-state index in [1.165, 1.54) is 27.8 Å². The van der Waals surface area contributed by atoms with E-state index in [0.29, 0.717) is 5.46 Å². The molecule has 1 heterocycles. The number of fused-ring (bicyclic) bond motifs is 8. The van der Waals surface area contributed by atoms with Gasteiger partial charge in [-0.3, -0.25) is 0 Å². The molecule has 1 aliphatic heterocycles. The lowest BCUT2D eigenvalue weighted by Gasteiger charge is -2.38. The molecule has 1 unspecified atom stereocenters. The first-order chi connectivity index (χ1) is 21.3. The van der Waals surface area contributed by atoms with Gasteiger partial charge in [0, 0.05) is 27.5 Å². The van der Waals surface area contributed by atoms with Crippen LogP contribution in [0.25, 0.3) is 39.1 Å². The van der Waals surface area contributed by atoms with Crippen molar-refractivity contribution in [3.8, 4) is 33.8 Å². The lowest BCUT2D eigenvalue weighted by molar-refractivity contribution is 0.163. The Hall–Kier alpha value is -5.02. The molecule has 1 aliphatic carbocycles. The first-order valence-corrected chi connectivity index (χ1v) is 15.1. The molecule has 2 radical (unpaired) electrons. The van der Waals surface area contributed by atoms with Crippen LogP contribution >= 0.6 is 0 Å². The summed E-state index contributed by atoms with van der Waals surface area (Å²) in [5, 5.41) is 12.3. The Morgan fingerprint density at radius 1 is 0.705 bits per heavy atom. The summed E-state index contributed by atoms with van der Waals surface area (Å²) < 4.78 is 7.36. The summed E-state index contributed by atoms with van der Waals surface area (Å²) >= 11 is 0. The highest BCUT2D eigenvalue weighted by Gasteiger charge is 2.44. The predicted molar refractivity (Wildman–Crippen MR) is 182 cm³/mol. The third-order valence-electron chi connectivity index (χ3n) is 9.53. The summed E-state index contributed by atoms with van der Waals surface area (Å²) in [5.74, 6) is 1.04. The third kappa shape index (κ3) is 3.82. The first kappa shape index (κ1) is 26.6. The highest BCUT2D eigenvalue weighted by Crippen LogP contribution is 2.58. The van der Waals surface area contributed by atoms with Crippen LogP contribution in [0.3, 0.4) is 0 Å². The number of hydrogen-bond donors (Lipinski definition) is 1. The van der Waals surface area contributed by atoms with Crippen molar-refractivity contribution < 1.29 is 9.84 Å². The number of ether oxygens (including phenoxy) is 1. The number of rotatable bonds is 3. The lowest BCUT2D eigenvalue weighted by Crippen LogP contribution is -2.35. The SMILES string of the molecule is [B]c1ccc2c3c(c4c(c2c1)OC(c1ccc(O)cc1)(c1ccc(-c2ccccc2)cc1)C=C4)C(C)(C)c1cc(C)ccc1-3. The number of aryl methyl sites for hydroxylation is 1. The Morgan fingerprint density at radius 2 is 1.39 bits per heavy atom. The van der Waals surface area contributed by atoms with E-state index < -0.39 is 5.60 Å². The molecule has 0 saturated carbocycles.